The number of nitrogens with two attached hydrogens (primary N) is 1. The maximum Gasteiger partial charge on any atom is 0.249 e. The summed E-state index contributed by atoms with van der Waals surface area (Å²) in [6.07, 6.45) is 0. The Bertz CT molecular complexity index is 811. The topological polar surface area (TPSA) is 92.5 Å². The fourth-order valence-electron chi connectivity index (χ4n) is 1.98. The van der Waals surface area contributed by atoms with E-state index in [1.807, 2.05) is 5.43 Å². The molecule has 0 spiro atoms. The van der Waals surface area contributed by atoms with Crippen LogP contribution >= 0.6 is 11.6 Å². The highest BCUT2D eigenvalue weighted by Gasteiger charge is 2.26. The van der Waals surface area contributed by atoms with Crippen molar-refractivity contribution in [3.8, 4) is 0 Å². The second-order valence-corrected chi connectivity index (χ2v) is 7.30. The number of amides is 1. The van der Waals surface area contributed by atoms with Crippen LogP contribution < -0.4 is 11.3 Å². The standard InChI is InChI=1S/C15H15ClFN3O3S/c16-12-3-7-14(8-4-12)24(22,23)20(10-15(21)19-18)9-11-1-5-13(17)6-2-11/h1-8H,9-10,18H2,(H,19,21). The van der Waals surface area contributed by atoms with Crippen molar-refractivity contribution in [2.24, 2.45) is 5.84 Å². The summed E-state index contributed by atoms with van der Waals surface area (Å²) >= 11 is 5.77. The molecule has 24 heavy (non-hydrogen) atoms. The van der Waals surface area contributed by atoms with Gasteiger partial charge in [0, 0.05) is 11.6 Å². The number of sulfonamides is 1. The van der Waals surface area contributed by atoms with Crippen molar-refractivity contribution in [3.05, 3.63) is 64.9 Å². The highest BCUT2D eigenvalue weighted by Crippen LogP contribution is 2.20. The van der Waals surface area contributed by atoms with E-state index in [1.54, 1.807) is 0 Å². The molecule has 0 radical (unpaired) electrons. The van der Waals surface area contributed by atoms with E-state index in [2.05, 4.69) is 0 Å². The lowest BCUT2D eigenvalue weighted by molar-refractivity contribution is -0.121. The van der Waals surface area contributed by atoms with E-state index in [4.69, 9.17) is 17.4 Å². The number of hydrazine groups is 1. The third kappa shape index (κ3) is 4.51. The van der Waals surface area contributed by atoms with E-state index in [-0.39, 0.29) is 11.4 Å². The van der Waals surface area contributed by atoms with Gasteiger partial charge in [-0.05, 0) is 42.0 Å². The number of nitrogens with zero attached hydrogens (tertiary/aromatic N) is 1. The van der Waals surface area contributed by atoms with Crippen LogP contribution in [0.1, 0.15) is 5.56 Å². The summed E-state index contributed by atoms with van der Waals surface area (Å²) in [5.74, 6) is 3.94. The molecular formula is C15H15ClFN3O3S. The largest absolute Gasteiger partial charge is 0.293 e. The van der Waals surface area contributed by atoms with Crippen LogP contribution in [0.5, 0.6) is 0 Å². The van der Waals surface area contributed by atoms with Crippen molar-refractivity contribution in [1.29, 1.82) is 0 Å². The van der Waals surface area contributed by atoms with Gasteiger partial charge < -0.3 is 0 Å². The molecule has 0 heterocycles. The molecule has 0 unspecified atom stereocenters. The van der Waals surface area contributed by atoms with Gasteiger partial charge in [0.2, 0.25) is 15.9 Å². The molecule has 2 rings (SSSR count). The maximum atomic E-state index is 13.0. The number of carbonyl (C=O) groups is 1. The molecule has 128 valence electrons. The van der Waals surface area contributed by atoms with E-state index in [0.717, 1.165) is 4.31 Å². The summed E-state index contributed by atoms with van der Waals surface area (Å²) in [7, 11) is -3.97. The van der Waals surface area contributed by atoms with Gasteiger partial charge in [-0.3, -0.25) is 10.2 Å². The van der Waals surface area contributed by atoms with Gasteiger partial charge in [0.15, 0.2) is 0 Å². The lowest BCUT2D eigenvalue weighted by Gasteiger charge is -2.21. The van der Waals surface area contributed by atoms with Crippen LogP contribution in [0.25, 0.3) is 0 Å². The van der Waals surface area contributed by atoms with Crippen LogP contribution in [0, 0.1) is 5.82 Å². The fraction of sp³-hybridized carbons (Fsp3) is 0.133. The second-order valence-electron chi connectivity index (χ2n) is 4.92. The average Bonchev–Trinajstić information content (AvgIpc) is 2.56. The zero-order valence-electron chi connectivity index (χ0n) is 12.4. The molecule has 6 nitrogen and oxygen atoms in total. The minimum absolute atomic E-state index is 0.0150. The Kier molecular flexibility index (Phi) is 5.89. The van der Waals surface area contributed by atoms with Crippen LogP contribution in [0.15, 0.2) is 53.4 Å². The van der Waals surface area contributed by atoms with Crippen LogP contribution in [0.4, 0.5) is 4.39 Å². The number of rotatable bonds is 6. The quantitative estimate of drug-likeness (QED) is 0.459. The Morgan fingerprint density at radius 1 is 1.12 bits per heavy atom. The molecule has 0 aliphatic carbocycles. The third-order valence-electron chi connectivity index (χ3n) is 3.20. The molecule has 9 heteroatoms. The second kappa shape index (κ2) is 7.71. The highest BCUT2D eigenvalue weighted by atomic mass is 35.5. The molecule has 1 amide bonds. The molecule has 0 bridgehead atoms. The Labute approximate surface area is 144 Å². The highest BCUT2D eigenvalue weighted by molar-refractivity contribution is 7.89. The summed E-state index contributed by atoms with van der Waals surface area (Å²) in [6.45, 7) is -0.586. The first kappa shape index (κ1) is 18.3. The normalized spacial score (nSPS) is 11.5. The first-order chi connectivity index (χ1) is 11.3. The lowest BCUT2D eigenvalue weighted by Crippen LogP contribution is -2.42. The zero-order valence-corrected chi connectivity index (χ0v) is 14.0. The number of nitrogens with one attached hydrogen (secondary N) is 1. The van der Waals surface area contributed by atoms with Crippen molar-refractivity contribution in [1.82, 2.24) is 9.73 Å². The van der Waals surface area contributed by atoms with E-state index in [1.165, 1.54) is 48.5 Å². The molecule has 0 aromatic heterocycles. The van der Waals surface area contributed by atoms with E-state index >= 15 is 0 Å². The molecule has 0 saturated carbocycles. The van der Waals surface area contributed by atoms with E-state index in [0.29, 0.717) is 10.6 Å². The summed E-state index contributed by atoms with van der Waals surface area (Å²) < 4.78 is 39.5. The van der Waals surface area contributed by atoms with Crippen molar-refractivity contribution in [3.63, 3.8) is 0 Å². The molecule has 2 aromatic carbocycles. The predicted octanol–water partition coefficient (Wildman–Crippen LogP) is 1.66. The monoisotopic (exact) mass is 371 g/mol. The number of hydrogen-bond donors (Lipinski definition) is 2. The van der Waals surface area contributed by atoms with Crippen molar-refractivity contribution in [2.45, 2.75) is 11.4 Å². The van der Waals surface area contributed by atoms with Gasteiger partial charge in [0.05, 0.1) is 11.4 Å². The van der Waals surface area contributed by atoms with Gasteiger partial charge in [-0.25, -0.2) is 18.7 Å². The average molecular weight is 372 g/mol. The van der Waals surface area contributed by atoms with Gasteiger partial charge in [-0.2, -0.15) is 4.31 Å². The minimum Gasteiger partial charge on any atom is -0.293 e. The first-order valence-corrected chi connectivity index (χ1v) is 8.64. The molecule has 3 N–H and O–H groups in total. The number of halogens is 2. The third-order valence-corrected chi connectivity index (χ3v) is 5.26. The van der Waals surface area contributed by atoms with Gasteiger partial charge in [-0.15, -0.1) is 0 Å². The summed E-state index contributed by atoms with van der Waals surface area (Å²) in [5.41, 5.74) is 2.42. The maximum absolute atomic E-state index is 13.0. The Balaban J connectivity index is 2.35. The fourth-order valence-corrected chi connectivity index (χ4v) is 3.49. The summed E-state index contributed by atoms with van der Waals surface area (Å²) in [6, 6.07) is 10.9. The van der Waals surface area contributed by atoms with Gasteiger partial charge in [0.25, 0.3) is 0 Å². The first-order valence-electron chi connectivity index (χ1n) is 6.82. The number of hydrogen-bond acceptors (Lipinski definition) is 4. The van der Waals surface area contributed by atoms with Crippen molar-refractivity contribution >= 4 is 27.5 Å². The Morgan fingerprint density at radius 3 is 2.25 bits per heavy atom. The molecule has 0 atom stereocenters. The van der Waals surface area contributed by atoms with Crippen LogP contribution in [0.3, 0.4) is 0 Å². The molecule has 0 aliphatic rings. The zero-order chi connectivity index (χ0) is 17.7. The van der Waals surface area contributed by atoms with Crippen LogP contribution in [-0.2, 0) is 21.4 Å². The Hall–Kier alpha value is -2.00. The Morgan fingerprint density at radius 2 is 1.71 bits per heavy atom. The number of carbonyl (C=O) groups excluding carboxylic acids is 1. The molecule has 0 aliphatic heterocycles. The van der Waals surface area contributed by atoms with Gasteiger partial charge in [0.1, 0.15) is 5.82 Å². The molecule has 0 saturated heterocycles. The van der Waals surface area contributed by atoms with Crippen molar-refractivity contribution in [2.75, 3.05) is 6.54 Å². The molecule has 2 aromatic rings. The summed E-state index contributed by atoms with van der Waals surface area (Å²) in [4.78, 5) is 11.6. The van der Waals surface area contributed by atoms with Crippen LogP contribution in [-0.4, -0.2) is 25.2 Å². The smallest absolute Gasteiger partial charge is 0.249 e. The van der Waals surface area contributed by atoms with Crippen molar-refractivity contribution < 1.29 is 17.6 Å². The van der Waals surface area contributed by atoms with E-state index in [9.17, 15) is 17.6 Å². The molecular weight excluding hydrogens is 357 g/mol. The van der Waals surface area contributed by atoms with Gasteiger partial charge >= 0.3 is 0 Å². The minimum atomic E-state index is -3.97. The predicted molar refractivity (Wildman–Crippen MR) is 87.8 cm³/mol. The number of benzene rings is 2. The summed E-state index contributed by atoms with van der Waals surface area (Å²) in [5, 5.41) is 0.388. The van der Waals surface area contributed by atoms with Gasteiger partial charge in [-0.1, -0.05) is 23.7 Å². The molecule has 0 fully saturated rings. The van der Waals surface area contributed by atoms with E-state index < -0.39 is 28.3 Å². The SMILES string of the molecule is NNC(=O)CN(Cc1ccc(F)cc1)S(=O)(=O)c1ccc(Cl)cc1. The van der Waals surface area contributed by atoms with Crippen LogP contribution in [0.2, 0.25) is 5.02 Å². The lowest BCUT2D eigenvalue weighted by atomic mass is 10.2.